The molecule has 0 fully saturated rings. The fourth-order valence-corrected chi connectivity index (χ4v) is 5.59. The summed E-state index contributed by atoms with van der Waals surface area (Å²) in [6.45, 7) is 4.56. The van der Waals surface area contributed by atoms with Crippen molar-refractivity contribution in [3.63, 3.8) is 0 Å². The smallest absolute Gasteiger partial charge is 0.306 e. The molecule has 0 radical (unpaired) electrons. The molecule has 0 N–H and O–H groups in total. The zero-order chi connectivity index (χ0) is 35.0. The maximum Gasteiger partial charge on any atom is 0.306 e. The van der Waals surface area contributed by atoms with Gasteiger partial charge in [0.15, 0.2) is 6.10 Å². The second-order valence-electron chi connectivity index (χ2n) is 14.2. The van der Waals surface area contributed by atoms with Crippen molar-refractivity contribution < 1.29 is 38.2 Å². The molecule has 0 rings (SSSR count). The van der Waals surface area contributed by atoms with E-state index in [2.05, 4.69) is 26.0 Å². The quantitative estimate of drug-likeness (QED) is 0.0295. The van der Waals surface area contributed by atoms with E-state index in [9.17, 15) is 19.5 Å². The summed E-state index contributed by atoms with van der Waals surface area (Å²) in [4.78, 5) is 36.4. The van der Waals surface area contributed by atoms with E-state index in [1.807, 2.05) is 0 Å². The summed E-state index contributed by atoms with van der Waals surface area (Å²) in [6, 6.07) is -0.720. The summed E-state index contributed by atoms with van der Waals surface area (Å²) < 4.78 is 17.0. The van der Waals surface area contributed by atoms with Crippen LogP contribution in [0.2, 0.25) is 0 Å². The van der Waals surface area contributed by atoms with Gasteiger partial charge >= 0.3 is 11.9 Å². The van der Waals surface area contributed by atoms with Crippen molar-refractivity contribution in [2.75, 3.05) is 41.0 Å². The van der Waals surface area contributed by atoms with Gasteiger partial charge in [0, 0.05) is 19.3 Å². The molecule has 8 heteroatoms. The molecular formula is C39H73NO7. The summed E-state index contributed by atoms with van der Waals surface area (Å²) in [6.07, 6.45) is 29.8. The van der Waals surface area contributed by atoms with E-state index in [-0.39, 0.29) is 42.7 Å². The third kappa shape index (κ3) is 29.9. The molecule has 0 aromatic heterocycles. The van der Waals surface area contributed by atoms with Crippen LogP contribution >= 0.6 is 0 Å². The summed E-state index contributed by atoms with van der Waals surface area (Å²) in [7, 11) is 5.39. The molecule has 0 aliphatic heterocycles. The van der Waals surface area contributed by atoms with Crippen molar-refractivity contribution >= 4 is 17.9 Å². The Morgan fingerprint density at radius 3 is 1.53 bits per heavy atom. The molecule has 0 saturated heterocycles. The van der Waals surface area contributed by atoms with Gasteiger partial charge in [0.1, 0.15) is 12.6 Å². The molecule has 47 heavy (non-hydrogen) atoms. The third-order valence-electron chi connectivity index (χ3n) is 8.65. The monoisotopic (exact) mass is 668 g/mol. The average Bonchev–Trinajstić information content (AvgIpc) is 3.01. The number of hydrogen-bond donors (Lipinski definition) is 0. The molecule has 2 unspecified atom stereocenters. The van der Waals surface area contributed by atoms with Gasteiger partial charge in [0.05, 0.1) is 40.3 Å². The SMILES string of the molecule is CCCCCCCCC/C=C\CCCCCCCCCC(=O)OC(COCCC(C(=O)[O-])[N+](C)(C)C)COC(=O)CCCCCCC. The van der Waals surface area contributed by atoms with Gasteiger partial charge in [0.25, 0.3) is 0 Å². The summed E-state index contributed by atoms with van der Waals surface area (Å²) in [5.41, 5.74) is 0. The van der Waals surface area contributed by atoms with Gasteiger partial charge in [-0.2, -0.15) is 0 Å². The lowest BCUT2D eigenvalue weighted by molar-refractivity contribution is -0.889. The first-order valence-corrected chi connectivity index (χ1v) is 19.2. The van der Waals surface area contributed by atoms with Gasteiger partial charge in [0.2, 0.25) is 0 Å². The predicted molar refractivity (Wildman–Crippen MR) is 190 cm³/mol. The first-order valence-electron chi connectivity index (χ1n) is 19.2. The Hall–Kier alpha value is -1.93. The number of carbonyl (C=O) groups is 3. The van der Waals surface area contributed by atoms with Crippen LogP contribution in [0.3, 0.4) is 0 Å². The zero-order valence-electron chi connectivity index (χ0n) is 31.2. The summed E-state index contributed by atoms with van der Waals surface area (Å²) in [5.74, 6) is -1.75. The largest absolute Gasteiger partial charge is 0.544 e. The standard InChI is InChI=1S/C39H73NO7/c1-6-8-10-12-13-14-15-16-17-18-19-20-21-22-23-24-26-28-30-38(42)47-35(34-46-37(41)29-27-25-11-9-7-2)33-45-32-31-36(39(43)44)40(3,4)5/h17-18,35-36H,6-16,19-34H2,1-5H3/b18-17-. The van der Waals surface area contributed by atoms with Crippen LogP contribution in [0, 0.1) is 0 Å². The maximum atomic E-state index is 12.6. The Balaban J connectivity index is 4.24. The van der Waals surface area contributed by atoms with Crippen molar-refractivity contribution in [1.82, 2.24) is 0 Å². The van der Waals surface area contributed by atoms with E-state index in [4.69, 9.17) is 14.2 Å². The molecule has 8 nitrogen and oxygen atoms in total. The van der Waals surface area contributed by atoms with E-state index in [1.165, 1.54) is 83.5 Å². The number of rotatable bonds is 34. The number of carboxylic acid groups (broad SMARTS) is 1. The highest BCUT2D eigenvalue weighted by Gasteiger charge is 2.25. The van der Waals surface area contributed by atoms with Crippen LogP contribution in [-0.2, 0) is 28.6 Å². The number of quaternary nitrogens is 1. The van der Waals surface area contributed by atoms with Crippen molar-refractivity contribution in [3.8, 4) is 0 Å². The fraction of sp³-hybridized carbons (Fsp3) is 0.872. The molecule has 0 aliphatic rings. The molecule has 0 aliphatic carbocycles. The highest BCUT2D eigenvalue weighted by molar-refractivity contribution is 5.70. The minimum Gasteiger partial charge on any atom is -0.544 e. The van der Waals surface area contributed by atoms with E-state index in [0.717, 1.165) is 51.4 Å². The summed E-state index contributed by atoms with van der Waals surface area (Å²) in [5, 5.41) is 11.5. The minimum absolute atomic E-state index is 0.0424. The molecular weight excluding hydrogens is 594 g/mol. The molecule has 276 valence electrons. The lowest BCUT2D eigenvalue weighted by Crippen LogP contribution is -2.55. The van der Waals surface area contributed by atoms with Gasteiger partial charge in [-0.25, -0.2) is 0 Å². The molecule has 0 aromatic carbocycles. The van der Waals surface area contributed by atoms with Gasteiger partial charge in [-0.3, -0.25) is 9.59 Å². The van der Waals surface area contributed by atoms with Crippen LogP contribution in [0.1, 0.15) is 168 Å². The van der Waals surface area contributed by atoms with Crippen molar-refractivity contribution in [2.24, 2.45) is 0 Å². The average molecular weight is 668 g/mol. The second kappa shape index (κ2) is 31.3. The minimum atomic E-state index is -1.13. The molecule has 0 spiro atoms. The highest BCUT2D eigenvalue weighted by Crippen LogP contribution is 2.13. The van der Waals surface area contributed by atoms with Gasteiger partial charge in [-0.15, -0.1) is 0 Å². The van der Waals surface area contributed by atoms with Crippen LogP contribution in [0.5, 0.6) is 0 Å². The van der Waals surface area contributed by atoms with E-state index in [0.29, 0.717) is 12.8 Å². The molecule has 0 amide bonds. The Kier molecular flexibility index (Phi) is 30.1. The van der Waals surface area contributed by atoms with Crippen LogP contribution in [0.25, 0.3) is 0 Å². The molecule has 0 saturated carbocycles. The number of likely N-dealkylation sites (N-methyl/N-ethyl adjacent to an activating group) is 1. The third-order valence-corrected chi connectivity index (χ3v) is 8.65. The number of unbranched alkanes of at least 4 members (excludes halogenated alkanes) is 18. The number of allylic oxidation sites excluding steroid dienone is 2. The van der Waals surface area contributed by atoms with Crippen molar-refractivity contribution in [3.05, 3.63) is 12.2 Å². The van der Waals surface area contributed by atoms with Crippen LogP contribution in [0.4, 0.5) is 0 Å². The Bertz CT molecular complexity index is 793. The van der Waals surface area contributed by atoms with E-state index < -0.39 is 18.1 Å². The Labute approximate surface area is 289 Å². The maximum absolute atomic E-state index is 12.6. The van der Waals surface area contributed by atoms with E-state index in [1.54, 1.807) is 21.1 Å². The van der Waals surface area contributed by atoms with Crippen molar-refractivity contribution in [2.45, 2.75) is 180 Å². The predicted octanol–water partition coefficient (Wildman–Crippen LogP) is 8.24. The van der Waals surface area contributed by atoms with Gasteiger partial charge in [-0.1, -0.05) is 122 Å². The second-order valence-corrected chi connectivity index (χ2v) is 14.2. The number of carboxylic acids is 1. The lowest BCUT2D eigenvalue weighted by Gasteiger charge is -2.34. The number of hydrogen-bond acceptors (Lipinski definition) is 7. The van der Waals surface area contributed by atoms with Gasteiger partial charge in [-0.05, 0) is 38.5 Å². The van der Waals surface area contributed by atoms with Crippen LogP contribution < -0.4 is 5.11 Å². The summed E-state index contributed by atoms with van der Waals surface area (Å²) >= 11 is 0. The first-order chi connectivity index (χ1) is 22.6. The van der Waals surface area contributed by atoms with Crippen LogP contribution in [-0.4, -0.2) is 75.5 Å². The highest BCUT2D eigenvalue weighted by atomic mass is 16.6. The van der Waals surface area contributed by atoms with Gasteiger partial charge < -0.3 is 28.6 Å². The molecule has 2 atom stereocenters. The Morgan fingerprint density at radius 2 is 1.06 bits per heavy atom. The number of aliphatic carboxylic acids is 1. The lowest BCUT2D eigenvalue weighted by atomic mass is 10.1. The molecule has 0 heterocycles. The normalized spacial score (nSPS) is 13.1. The number of esters is 2. The molecule has 0 bridgehead atoms. The van der Waals surface area contributed by atoms with Crippen LogP contribution in [0.15, 0.2) is 12.2 Å². The first kappa shape index (κ1) is 45.1. The Morgan fingerprint density at radius 1 is 0.617 bits per heavy atom. The topological polar surface area (TPSA) is 102 Å². The number of carbonyl (C=O) groups excluding carboxylic acids is 3. The fourth-order valence-electron chi connectivity index (χ4n) is 5.59. The zero-order valence-corrected chi connectivity index (χ0v) is 31.2. The number of nitrogens with zero attached hydrogens (tertiary/aromatic N) is 1. The van der Waals surface area contributed by atoms with E-state index >= 15 is 0 Å². The van der Waals surface area contributed by atoms with Crippen molar-refractivity contribution in [1.29, 1.82) is 0 Å². The number of ether oxygens (including phenoxy) is 3. The molecule has 0 aromatic rings.